The predicted molar refractivity (Wildman–Crippen MR) is 94.1 cm³/mol. The molecule has 126 valence electrons. The van der Waals surface area contributed by atoms with Gasteiger partial charge in [-0.2, -0.15) is 0 Å². The maximum Gasteiger partial charge on any atom is 0.227 e. The van der Waals surface area contributed by atoms with E-state index in [1.807, 2.05) is 12.1 Å². The number of hydrogen-bond donors (Lipinski definition) is 2. The smallest absolute Gasteiger partial charge is 0.227 e. The molecule has 3 N–H and O–H groups in total. The average Bonchev–Trinajstić information content (AvgIpc) is 2.98. The SMILES string of the molecule is CC1CCN(Cc2ccc(NC(=O)C3CCC(N)C3)cc2)CC1. The van der Waals surface area contributed by atoms with Crippen LogP contribution >= 0.6 is 0 Å². The molecule has 1 saturated heterocycles. The van der Waals surface area contributed by atoms with Crippen LogP contribution in [0.3, 0.4) is 0 Å². The third-order valence-electron chi connectivity index (χ3n) is 5.35. The molecule has 2 aliphatic rings. The minimum atomic E-state index is 0.0833. The Morgan fingerprint density at radius 1 is 1.17 bits per heavy atom. The zero-order valence-electron chi connectivity index (χ0n) is 14.1. The first-order valence-corrected chi connectivity index (χ1v) is 8.98. The summed E-state index contributed by atoms with van der Waals surface area (Å²) in [6.07, 6.45) is 5.30. The zero-order valence-corrected chi connectivity index (χ0v) is 14.1. The molecule has 2 unspecified atom stereocenters. The summed E-state index contributed by atoms with van der Waals surface area (Å²) < 4.78 is 0. The number of amides is 1. The summed E-state index contributed by atoms with van der Waals surface area (Å²) in [5, 5.41) is 3.03. The average molecular weight is 315 g/mol. The van der Waals surface area contributed by atoms with Gasteiger partial charge in [0.05, 0.1) is 0 Å². The van der Waals surface area contributed by atoms with Crippen molar-refractivity contribution >= 4 is 11.6 Å². The fourth-order valence-electron chi connectivity index (χ4n) is 3.67. The van der Waals surface area contributed by atoms with Crippen LogP contribution in [0.1, 0.15) is 44.6 Å². The standard InChI is InChI=1S/C19H29N3O/c1-14-8-10-22(11-9-14)13-15-2-6-18(7-3-15)21-19(23)16-4-5-17(20)12-16/h2-3,6-7,14,16-17H,4-5,8-13,20H2,1H3,(H,21,23). The van der Waals surface area contributed by atoms with Crippen molar-refractivity contribution in [1.82, 2.24) is 4.90 Å². The van der Waals surface area contributed by atoms with E-state index in [4.69, 9.17) is 5.73 Å². The Hall–Kier alpha value is -1.39. The van der Waals surface area contributed by atoms with Crippen molar-refractivity contribution in [3.8, 4) is 0 Å². The number of nitrogens with one attached hydrogen (secondary N) is 1. The molecule has 2 fully saturated rings. The highest BCUT2D eigenvalue weighted by molar-refractivity contribution is 5.92. The van der Waals surface area contributed by atoms with Crippen LogP contribution in [0.4, 0.5) is 5.69 Å². The van der Waals surface area contributed by atoms with Gasteiger partial charge in [-0.1, -0.05) is 19.1 Å². The lowest BCUT2D eigenvalue weighted by atomic mass is 9.99. The number of likely N-dealkylation sites (tertiary alicyclic amines) is 1. The Balaban J connectivity index is 1.50. The summed E-state index contributed by atoms with van der Waals surface area (Å²) in [7, 11) is 0. The van der Waals surface area contributed by atoms with Gasteiger partial charge in [0.25, 0.3) is 0 Å². The van der Waals surface area contributed by atoms with E-state index >= 15 is 0 Å². The molecule has 1 heterocycles. The van der Waals surface area contributed by atoms with Gasteiger partial charge >= 0.3 is 0 Å². The van der Waals surface area contributed by atoms with Crippen LogP contribution < -0.4 is 11.1 Å². The molecule has 1 saturated carbocycles. The summed E-state index contributed by atoms with van der Waals surface area (Å²) in [4.78, 5) is 14.7. The molecule has 0 aromatic heterocycles. The van der Waals surface area contributed by atoms with Crippen molar-refractivity contribution in [2.24, 2.45) is 17.6 Å². The summed E-state index contributed by atoms with van der Waals surface area (Å²) in [6, 6.07) is 8.51. The van der Waals surface area contributed by atoms with Crippen molar-refractivity contribution < 1.29 is 4.79 Å². The van der Waals surface area contributed by atoms with Crippen LogP contribution in [0.15, 0.2) is 24.3 Å². The Morgan fingerprint density at radius 2 is 1.87 bits per heavy atom. The third kappa shape index (κ3) is 4.55. The first-order chi connectivity index (χ1) is 11.1. The van der Waals surface area contributed by atoms with Gasteiger partial charge in [0, 0.05) is 24.2 Å². The van der Waals surface area contributed by atoms with Gasteiger partial charge in [-0.25, -0.2) is 0 Å². The number of carbonyl (C=O) groups excluding carboxylic acids is 1. The van der Waals surface area contributed by atoms with Crippen LogP contribution in [0, 0.1) is 11.8 Å². The van der Waals surface area contributed by atoms with E-state index in [0.717, 1.165) is 37.4 Å². The van der Waals surface area contributed by atoms with E-state index in [1.54, 1.807) is 0 Å². The highest BCUT2D eigenvalue weighted by atomic mass is 16.1. The maximum atomic E-state index is 12.2. The quantitative estimate of drug-likeness (QED) is 0.898. The number of carbonyl (C=O) groups is 1. The second-order valence-electron chi connectivity index (χ2n) is 7.41. The Bertz CT molecular complexity index is 520. The van der Waals surface area contributed by atoms with Crippen molar-refractivity contribution in [3.63, 3.8) is 0 Å². The van der Waals surface area contributed by atoms with Crippen LogP contribution in [0.25, 0.3) is 0 Å². The minimum absolute atomic E-state index is 0.0833. The lowest BCUT2D eigenvalue weighted by Crippen LogP contribution is -2.32. The molecule has 1 aromatic carbocycles. The molecule has 4 nitrogen and oxygen atoms in total. The van der Waals surface area contributed by atoms with Gasteiger partial charge in [0.2, 0.25) is 5.91 Å². The van der Waals surface area contributed by atoms with E-state index in [2.05, 4.69) is 29.3 Å². The van der Waals surface area contributed by atoms with E-state index in [-0.39, 0.29) is 17.9 Å². The fourth-order valence-corrected chi connectivity index (χ4v) is 3.67. The topological polar surface area (TPSA) is 58.4 Å². The summed E-state index contributed by atoms with van der Waals surface area (Å²) in [5.74, 6) is 1.07. The van der Waals surface area contributed by atoms with Gasteiger partial charge < -0.3 is 11.1 Å². The predicted octanol–water partition coefficient (Wildman–Crippen LogP) is 2.98. The van der Waals surface area contributed by atoms with E-state index in [0.29, 0.717) is 0 Å². The lowest BCUT2D eigenvalue weighted by molar-refractivity contribution is -0.119. The molecule has 1 aliphatic carbocycles. The fraction of sp³-hybridized carbons (Fsp3) is 0.632. The summed E-state index contributed by atoms with van der Waals surface area (Å²) >= 11 is 0. The van der Waals surface area contributed by atoms with Crippen molar-refractivity contribution in [2.45, 2.75) is 51.6 Å². The normalized spacial score (nSPS) is 26.3. The monoisotopic (exact) mass is 315 g/mol. The van der Waals surface area contributed by atoms with Crippen LogP contribution in [-0.2, 0) is 11.3 Å². The number of hydrogen-bond acceptors (Lipinski definition) is 3. The number of piperidine rings is 1. The molecule has 4 heteroatoms. The summed E-state index contributed by atoms with van der Waals surface area (Å²) in [6.45, 7) is 5.74. The van der Waals surface area contributed by atoms with E-state index in [1.165, 1.54) is 31.5 Å². The molecular weight excluding hydrogens is 286 g/mol. The van der Waals surface area contributed by atoms with E-state index in [9.17, 15) is 4.79 Å². The van der Waals surface area contributed by atoms with Gasteiger partial charge in [-0.3, -0.25) is 9.69 Å². The lowest BCUT2D eigenvalue weighted by Gasteiger charge is -2.30. The second-order valence-corrected chi connectivity index (χ2v) is 7.41. The molecule has 1 aromatic rings. The van der Waals surface area contributed by atoms with Crippen LogP contribution in [0.5, 0.6) is 0 Å². The number of benzene rings is 1. The maximum absolute atomic E-state index is 12.2. The number of nitrogens with two attached hydrogens (primary N) is 1. The van der Waals surface area contributed by atoms with Crippen LogP contribution in [0.2, 0.25) is 0 Å². The molecule has 0 radical (unpaired) electrons. The minimum Gasteiger partial charge on any atom is -0.328 e. The molecule has 0 bridgehead atoms. The highest BCUT2D eigenvalue weighted by Gasteiger charge is 2.27. The number of anilines is 1. The molecule has 0 spiro atoms. The van der Waals surface area contributed by atoms with Gasteiger partial charge in [0.1, 0.15) is 0 Å². The van der Waals surface area contributed by atoms with Gasteiger partial charge in [-0.15, -0.1) is 0 Å². The van der Waals surface area contributed by atoms with Gasteiger partial charge in [0.15, 0.2) is 0 Å². The zero-order chi connectivity index (χ0) is 16.2. The Morgan fingerprint density at radius 3 is 2.48 bits per heavy atom. The highest BCUT2D eigenvalue weighted by Crippen LogP contribution is 2.25. The molecule has 23 heavy (non-hydrogen) atoms. The first-order valence-electron chi connectivity index (χ1n) is 8.98. The molecule has 2 atom stereocenters. The first kappa shape index (κ1) is 16.5. The molecule has 1 amide bonds. The number of nitrogens with zero attached hydrogens (tertiary/aromatic N) is 1. The van der Waals surface area contributed by atoms with Crippen molar-refractivity contribution in [1.29, 1.82) is 0 Å². The summed E-state index contributed by atoms with van der Waals surface area (Å²) in [5.41, 5.74) is 8.10. The molecule has 3 rings (SSSR count). The third-order valence-corrected chi connectivity index (χ3v) is 5.35. The second kappa shape index (κ2) is 7.45. The van der Waals surface area contributed by atoms with Crippen LogP contribution in [-0.4, -0.2) is 29.9 Å². The molecular formula is C19H29N3O. The molecule has 1 aliphatic heterocycles. The van der Waals surface area contributed by atoms with Gasteiger partial charge in [-0.05, 0) is 68.8 Å². The van der Waals surface area contributed by atoms with Crippen molar-refractivity contribution in [3.05, 3.63) is 29.8 Å². The Kier molecular flexibility index (Phi) is 5.34. The number of rotatable bonds is 4. The van der Waals surface area contributed by atoms with Crippen molar-refractivity contribution in [2.75, 3.05) is 18.4 Å². The van der Waals surface area contributed by atoms with E-state index < -0.39 is 0 Å². The largest absolute Gasteiger partial charge is 0.328 e. The Labute approximate surface area is 139 Å².